The summed E-state index contributed by atoms with van der Waals surface area (Å²) in [4.78, 5) is 21.8. The van der Waals surface area contributed by atoms with Gasteiger partial charge < -0.3 is 9.72 Å². The first kappa shape index (κ1) is 18.3. The first-order chi connectivity index (χ1) is 15.2. The molecule has 0 unspecified atom stereocenters. The van der Waals surface area contributed by atoms with Gasteiger partial charge in [0.25, 0.3) is 5.91 Å². The van der Waals surface area contributed by atoms with Crippen molar-refractivity contribution in [3.63, 3.8) is 0 Å². The molecule has 1 aromatic carbocycles. The first-order valence-corrected chi connectivity index (χ1v) is 9.48. The molecule has 1 N–H and O–H groups in total. The van der Waals surface area contributed by atoms with E-state index < -0.39 is 0 Å². The fraction of sp³-hybridized carbons (Fsp3) is 0. The van der Waals surface area contributed by atoms with E-state index in [2.05, 4.69) is 26.5 Å². The van der Waals surface area contributed by atoms with Gasteiger partial charge in [0.15, 0.2) is 11.6 Å². The molecule has 5 aromatic rings. The number of hydrogen-bond donors (Lipinski definition) is 1. The van der Waals surface area contributed by atoms with Gasteiger partial charge in [-0.2, -0.15) is 15.0 Å². The van der Waals surface area contributed by atoms with Gasteiger partial charge in [-0.1, -0.05) is 36.4 Å². The van der Waals surface area contributed by atoms with E-state index in [4.69, 9.17) is 0 Å². The fourth-order valence-electron chi connectivity index (χ4n) is 3.25. The summed E-state index contributed by atoms with van der Waals surface area (Å²) in [6.45, 7) is 0. The van der Waals surface area contributed by atoms with Crippen molar-refractivity contribution in [1.29, 1.82) is 5.26 Å². The van der Waals surface area contributed by atoms with E-state index in [-0.39, 0.29) is 17.3 Å². The molecule has 4 heterocycles. The molecule has 8 heteroatoms. The number of aromatic nitrogens is 5. The van der Waals surface area contributed by atoms with Crippen molar-refractivity contribution in [3.8, 4) is 23.1 Å². The van der Waals surface area contributed by atoms with Crippen LogP contribution in [0.3, 0.4) is 0 Å². The van der Waals surface area contributed by atoms with E-state index in [1.54, 1.807) is 42.7 Å². The topological polar surface area (TPSA) is 101 Å². The Morgan fingerprint density at radius 3 is 2.68 bits per heavy atom. The number of imidazole rings is 1. The van der Waals surface area contributed by atoms with Crippen LogP contribution < -0.4 is 5.32 Å². The number of pyridine rings is 2. The third-order valence-electron chi connectivity index (χ3n) is 4.78. The highest BCUT2D eigenvalue weighted by Gasteiger charge is 2.17. The Morgan fingerprint density at radius 1 is 1.06 bits per heavy atom. The molecule has 31 heavy (non-hydrogen) atoms. The molecule has 0 aliphatic carbocycles. The number of nitrogens with one attached hydrogen (secondary N) is 1. The maximum atomic E-state index is 13.0. The lowest BCUT2D eigenvalue weighted by Crippen LogP contribution is -2.16. The number of anilines is 1. The predicted molar refractivity (Wildman–Crippen MR) is 115 cm³/mol. The fourth-order valence-corrected chi connectivity index (χ4v) is 3.25. The Bertz CT molecular complexity index is 1430. The maximum absolute atomic E-state index is 13.0. The summed E-state index contributed by atoms with van der Waals surface area (Å²) in [5, 5.41) is 16.4. The van der Waals surface area contributed by atoms with Gasteiger partial charge in [-0.15, -0.1) is 0 Å². The average molecular weight is 405 g/mol. The van der Waals surface area contributed by atoms with Gasteiger partial charge in [0.1, 0.15) is 17.3 Å². The number of fused-ring (bicyclic) bond motifs is 1. The van der Waals surface area contributed by atoms with Crippen LogP contribution in [0.2, 0.25) is 0 Å². The van der Waals surface area contributed by atoms with Crippen molar-refractivity contribution in [3.05, 3.63) is 96.6 Å². The highest BCUT2D eigenvalue weighted by Crippen LogP contribution is 2.21. The minimum Gasteiger partial charge on any atom is -0.306 e. The van der Waals surface area contributed by atoms with Gasteiger partial charge in [-0.25, -0.2) is 9.97 Å². The molecular formula is C23H15N7O. The van der Waals surface area contributed by atoms with E-state index in [9.17, 15) is 10.1 Å². The summed E-state index contributed by atoms with van der Waals surface area (Å²) in [6.07, 6.45) is 6.71. The molecule has 148 valence electrons. The molecule has 5 rings (SSSR count). The van der Waals surface area contributed by atoms with Crippen molar-refractivity contribution < 1.29 is 4.79 Å². The van der Waals surface area contributed by atoms with Crippen LogP contribution >= 0.6 is 0 Å². The number of hydrogen-bond acceptors (Lipinski definition) is 5. The molecule has 0 radical (unpaired) electrons. The van der Waals surface area contributed by atoms with Crippen LogP contribution in [0, 0.1) is 11.3 Å². The Labute approximate surface area is 177 Å². The number of nitriles is 1. The number of amides is 1. The minimum atomic E-state index is -0.374. The van der Waals surface area contributed by atoms with Crippen molar-refractivity contribution >= 4 is 17.4 Å². The summed E-state index contributed by atoms with van der Waals surface area (Å²) in [6, 6.07) is 20.6. The molecule has 4 aromatic heterocycles. The van der Waals surface area contributed by atoms with Crippen LogP contribution in [-0.4, -0.2) is 30.1 Å². The highest BCUT2D eigenvalue weighted by atomic mass is 16.1. The third-order valence-corrected chi connectivity index (χ3v) is 4.78. The van der Waals surface area contributed by atoms with Gasteiger partial charge in [0.05, 0.1) is 11.9 Å². The number of benzene rings is 1. The summed E-state index contributed by atoms with van der Waals surface area (Å²) < 4.78 is 3.29. The zero-order valence-corrected chi connectivity index (χ0v) is 16.2. The van der Waals surface area contributed by atoms with Gasteiger partial charge in [0.2, 0.25) is 0 Å². The van der Waals surface area contributed by atoms with Gasteiger partial charge in [-0.05, 0) is 24.3 Å². The molecule has 0 aliphatic heterocycles. The normalized spacial score (nSPS) is 10.7. The maximum Gasteiger partial charge on any atom is 0.257 e. The van der Waals surface area contributed by atoms with Crippen LogP contribution in [0.1, 0.15) is 15.9 Å². The zero-order chi connectivity index (χ0) is 21.2. The largest absolute Gasteiger partial charge is 0.306 e. The predicted octanol–water partition coefficient (Wildman–Crippen LogP) is 3.71. The third kappa shape index (κ3) is 3.41. The Morgan fingerprint density at radius 2 is 1.90 bits per heavy atom. The van der Waals surface area contributed by atoms with E-state index in [0.717, 1.165) is 11.3 Å². The minimum absolute atomic E-state index is 0.243. The van der Waals surface area contributed by atoms with Gasteiger partial charge >= 0.3 is 0 Å². The molecule has 0 fully saturated rings. The van der Waals surface area contributed by atoms with Crippen LogP contribution in [-0.2, 0) is 0 Å². The van der Waals surface area contributed by atoms with E-state index in [0.29, 0.717) is 17.0 Å². The zero-order valence-electron chi connectivity index (χ0n) is 16.2. The quantitative estimate of drug-likeness (QED) is 0.491. The molecule has 0 bridgehead atoms. The van der Waals surface area contributed by atoms with Gasteiger partial charge in [0, 0.05) is 29.7 Å². The molecule has 8 nitrogen and oxygen atoms in total. The Hall–Kier alpha value is -4.77. The van der Waals surface area contributed by atoms with Crippen molar-refractivity contribution in [1.82, 2.24) is 24.1 Å². The lowest BCUT2D eigenvalue weighted by atomic mass is 10.2. The van der Waals surface area contributed by atoms with E-state index in [1.165, 1.54) is 10.9 Å². The first-order valence-electron chi connectivity index (χ1n) is 9.48. The second kappa shape index (κ2) is 7.57. The average Bonchev–Trinajstić information content (AvgIpc) is 3.43. The van der Waals surface area contributed by atoms with Crippen LogP contribution in [0.5, 0.6) is 0 Å². The smallest absolute Gasteiger partial charge is 0.257 e. The molecular weight excluding hydrogens is 390 g/mol. The number of carbonyl (C=O) groups is 1. The van der Waals surface area contributed by atoms with E-state index in [1.807, 2.05) is 40.9 Å². The summed E-state index contributed by atoms with van der Waals surface area (Å²) >= 11 is 0. The Kier molecular flexibility index (Phi) is 4.46. The monoisotopic (exact) mass is 405 g/mol. The summed E-state index contributed by atoms with van der Waals surface area (Å²) in [5.74, 6) is 0.385. The second-order valence-electron chi connectivity index (χ2n) is 6.75. The molecule has 0 saturated carbocycles. The van der Waals surface area contributed by atoms with Crippen LogP contribution in [0.25, 0.3) is 22.7 Å². The van der Waals surface area contributed by atoms with Crippen LogP contribution in [0.4, 0.5) is 5.82 Å². The van der Waals surface area contributed by atoms with Crippen LogP contribution in [0.15, 0.2) is 85.5 Å². The molecule has 1 amide bonds. The number of rotatable bonds is 4. The lowest BCUT2D eigenvalue weighted by Gasteiger charge is -2.09. The summed E-state index contributed by atoms with van der Waals surface area (Å²) in [5.41, 5.74) is 3.11. The lowest BCUT2D eigenvalue weighted by molar-refractivity contribution is 0.102. The second-order valence-corrected chi connectivity index (χ2v) is 6.75. The van der Waals surface area contributed by atoms with Crippen molar-refractivity contribution in [2.24, 2.45) is 0 Å². The molecule has 0 atom stereocenters. The number of nitrogens with zero attached hydrogens (tertiary/aromatic N) is 6. The molecule has 0 saturated heterocycles. The molecule has 0 aliphatic rings. The number of carbonyl (C=O) groups excluding carboxylic acids is 1. The highest BCUT2D eigenvalue weighted by molar-refractivity contribution is 6.05. The summed E-state index contributed by atoms with van der Waals surface area (Å²) in [7, 11) is 0. The Balaban J connectivity index is 1.48. The standard InChI is InChI=1S/C23H15N7O/c24-13-18-14-26-30(20-8-4-5-10-25-20)22(18)28-23(31)17-9-11-29-15-19(27-21(29)12-17)16-6-2-1-3-7-16/h1-12,14-15H,(H,28,31). The van der Waals surface area contributed by atoms with Crippen molar-refractivity contribution in [2.45, 2.75) is 0 Å². The molecule has 0 spiro atoms. The SMILES string of the molecule is N#Cc1cnn(-c2ccccn2)c1NC(=O)c1ccn2cc(-c3ccccc3)nc2c1. The van der Waals surface area contributed by atoms with Gasteiger partial charge in [-0.3, -0.25) is 4.79 Å². The van der Waals surface area contributed by atoms with E-state index >= 15 is 0 Å². The van der Waals surface area contributed by atoms with Crippen molar-refractivity contribution in [2.75, 3.05) is 5.32 Å².